The lowest BCUT2D eigenvalue weighted by atomic mass is 10.2. The molecular weight excluding hydrogens is 462 g/mol. The molecule has 0 aliphatic heterocycles. The summed E-state index contributed by atoms with van der Waals surface area (Å²) in [5, 5.41) is 10.3. The van der Waals surface area contributed by atoms with E-state index in [-0.39, 0.29) is 35.9 Å². The Morgan fingerprint density at radius 3 is 2.54 bits per heavy atom. The van der Waals surface area contributed by atoms with Crippen LogP contribution in [0.15, 0.2) is 23.2 Å². The van der Waals surface area contributed by atoms with E-state index in [2.05, 4.69) is 20.9 Å². The molecule has 8 heteroatoms. The largest absolute Gasteiger partial charge is 0.357 e. The highest BCUT2D eigenvalue weighted by molar-refractivity contribution is 14.0. The zero-order valence-electron chi connectivity index (χ0n) is 14.2. The number of halogens is 3. The highest BCUT2D eigenvalue weighted by Crippen LogP contribution is 2.21. The summed E-state index contributed by atoms with van der Waals surface area (Å²) in [4.78, 5) is 16.1. The van der Waals surface area contributed by atoms with Crippen molar-refractivity contribution in [3.63, 3.8) is 0 Å². The van der Waals surface area contributed by atoms with Crippen molar-refractivity contribution in [2.24, 2.45) is 4.99 Å². The fourth-order valence-corrected chi connectivity index (χ4v) is 2.31. The second kappa shape index (κ2) is 12.6. The van der Waals surface area contributed by atoms with Crippen LogP contribution in [0.2, 0.25) is 10.0 Å². The Balaban J connectivity index is 0.00000529. The minimum absolute atomic E-state index is 0. The Morgan fingerprint density at radius 1 is 1.25 bits per heavy atom. The minimum Gasteiger partial charge on any atom is -0.357 e. The van der Waals surface area contributed by atoms with Crippen LogP contribution in [0.3, 0.4) is 0 Å². The number of nitrogens with one attached hydrogen (secondary N) is 3. The first kappa shape index (κ1) is 23.3. The van der Waals surface area contributed by atoms with Gasteiger partial charge in [0.05, 0.1) is 6.54 Å². The van der Waals surface area contributed by atoms with Gasteiger partial charge in [0.25, 0.3) is 0 Å². The molecule has 0 saturated carbocycles. The maximum Gasteiger partial charge on any atom is 0.221 e. The molecule has 1 aromatic carbocycles. The second-order valence-electron chi connectivity index (χ2n) is 5.33. The Bertz CT molecular complexity index is 553. The fraction of sp³-hybridized carbons (Fsp3) is 0.500. The van der Waals surface area contributed by atoms with Crippen molar-refractivity contribution in [1.29, 1.82) is 0 Å². The van der Waals surface area contributed by atoms with Crippen molar-refractivity contribution in [2.45, 2.75) is 39.8 Å². The van der Waals surface area contributed by atoms with Crippen LogP contribution in [0, 0.1) is 0 Å². The number of amides is 1. The lowest BCUT2D eigenvalue weighted by molar-refractivity contribution is -0.121. The number of guanidine groups is 1. The molecule has 1 amide bonds. The van der Waals surface area contributed by atoms with E-state index in [1.165, 1.54) is 0 Å². The Hall–Kier alpha value is -0.730. The molecule has 0 heterocycles. The van der Waals surface area contributed by atoms with Crippen LogP contribution >= 0.6 is 47.2 Å². The van der Waals surface area contributed by atoms with Gasteiger partial charge >= 0.3 is 0 Å². The topological polar surface area (TPSA) is 65.5 Å². The molecule has 0 fully saturated rings. The average molecular weight is 487 g/mol. The predicted molar refractivity (Wildman–Crippen MR) is 113 cm³/mol. The zero-order valence-corrected chi connectivity index (χ0v) is 18.0. The van der Waals surface area contributed by atoms with Gasteiger partial charge in [-0.2, -0.15) is 0 Å². The van der Waals surface area contributed by atoms with E-state index in [0.717, 1.165) is 12.1 Å². The summed E-state index contributed by atoms with van der Waals surface area (Å²) in [7, 11) is 0. The lowest BCUT2D eigenvalue weighted by Gasteiger charge is -2.12. The summed E-state index contributed by atoms with van der Waals surface area (Å²) < 4.78 is 0. The van der Waals surface area contributed by atoms with Crippen LogP contribution in [0.25, 0.3) is 0 Å². The van der Waals surface area contributed by atoms with Crippen LogP contribution in [0.5, 0.6) is 0 Å². The van der Waals surface area contributed by atoms with Gasteiger partial charge in [0.15, 0.2) is 5.96 Å². The van der Waals surface area contributed by atoms with Crippen molar-refractivity contribution in [3.8, 4) is 0 Å². The highest BCUT2D eigenvalue weighted by Gasteiger charge is 2.05. The molecular formula is C16H25Cl2IN4O. The van der Waals surface area contributed by atoms with E-state index in [1.54, 1.807) is 12.1 Å². The van der Waals surface area contributed by atoms with Crippen LogP contribution < -0.4 is 16.0 Å². The summed E-state index contributed by atoms with van der Waals surface area (Å²) in [5.41, 5.74) is 0.894. The summed E-state index contributed by atoms with van der Waals surface area (Å²) in [6.45, 7) is 7.54. The van der Waals surface area contributed by atoms with Gasteiger partial charge < -0.3 is 16.0 Å². The van der Waals surface area contributed by atoms with Crippen molar-refractivity contribution >= 4 is 59.0 Å². The van der Waals surface area contributed by atoms with E-state index in [9.17, 15) is 4.79 Å². The van der Waals surface area contributed by atoms with Crippen molar-refractivity contribution in [2.75, 3.05) is 13.1 Å². The molecule has 5 nitrogen and oxygen atoms in total. The third-order valence-corrected chi connectivity index (χ3v) is 3.45. The van der Waals surface area contributed by atoms with E-state index < -0.39 is 0 Å². The van der Waals surface area contributed by atoms with Gasteiger partial charge in [-0.3, -0.25) is 4.79 Å². The molecule has 0 aromatic heterocycles. The third kappa shape index (κ3) is 9.54. The van der Waals surface area contributed by atoms with Crippen LogP contribution in [0.1, 0.15) is 32.8 Å². The normalized spacial score (nSPS) is 11.0. The van der Waals surface area contributed by atoms with Crippen molar-refractivity contribution < 1.29 is 4.79 Å². The molecule has 3 N–H and O–H groups in total. The van der Waals surface area contributed by atoms with Gasteiger partial charge in [0, 0.05) is 35.6 Å². The molecule has 136 valence electrons. The molecule has 1 aromatic rings. The van der Waals surface area contributed by atoms with E-state index in [4.69, 9.17) is 23.2 Å². The first-order chi connectivity index (χ1) is 10.9. The quantitative estimate of drug-likeness (QED) is 0.313. The number of hydrogen-bond acceptors (Lipinski definition) is 2. The summed E-state index contributed by atoms with van der Waals surface area (Å²) in [5.74, 6) is 0.667. The van der Waals surface area contributed by atoms with E-state index in [1.807, 2.05) is 26.8 Å². The summed E-state index contributed by atoms with van der Waals surface area (Å²) in [6.07, 6.45) is 0.393. The predicted octanol–water partition coefficient (Wildman–Crippen LogP) is 3.58. The van der Waals surface area contributed by atoms with E-state index in [0.29, 0.717) is 35.5 Å². The molecule has 0 aliphatic carbocycles. The highest BCUT2D eigenvalue weighted by atomic mass is 127. The van der Waals surface area contributed by atoms with Gasteiger partial charge in [-0.15, -0.1) is 24.0 Å². The minimum atomic E-state index is 0. The molecule has 0 atom stereocenters. The SMILES string of the molecule is CCNC(=NCc1ccc(Cl)cc1Cl)NCCC(=O)NC(C)C.I. The molecule has 0 saturated heterocycles. The lowest BCUT2D eigenvalue weighted by Crippen LogP contribution is -2.40. The Kier molecular flexibility index (Phi) is 12.2. The van der Waals surface area contributed by atoms with Gasteiger partial charge in [0.2, 0.25) is 5.91 Å². The first-order valence-electron chi connectivity index (χ1n) is 7.67. The van der Waals surface area contributed by atoms with Gasteiger partial charge in [-0.1, -0.05) is 29.3 Å². The van der Waals surface area contributed by atoms with Crippen LogP contribution in [-0.2, 0) is 11.3 Å². The molecule has 0 aliphatic rings. The standard InChI is InChI=1S/C16H24Cl2N4O.HI/c1-4-19-16(20-8-7-15(23)22-11(2)3)21-10-12-5-6-13(17)9-14(12)18;/h5-6,9,11H,4,7-8,10H2,1-3H3,(H,22,23)(H2,19,20,21);1H. The number of nitrogens with zero attached hydrogens (tertiary/aromatic N) is 1. The van der Waals surface area contributed by atoms with Crippen LogP contribution in [-0.4, -0.2) is 31.0 Å². The van der Waals surface area contributed by atoms with Crippen molar-refractivity contribution in [3.05, 3.63) is 33.8 Å². The summed E-state index contributed by atoms with van der Waals surface area (Å²) >= 11 is 12.0. The molecule has 0 spiro atoms. The Labute approximate surface area is 171 Å². The molecule has 0 unspecified atom stereocenters. The smallest absolute Gasteiger partial charge is 0.221 e. The zero-order chi connectivity index (χ0) is 17.2. The molecule has 0 radical (unpaired) electrons. The van der Waals surface area contributed by atoms with Crippen molar-refractivity contribution in [1.82, 2.24) is 16.0 Å². The number of hydrogen-bond donors (Lipinski definition) is 3. The number of aliphatic imine (C=N–C) groups is 1. The fourth-order valence-electron chi connectivity index (χ4n) is 1.84. The summed E-state index contributed by atoms with van der Waals surface area (Å²) in [6, 6.07) is 5.49. The molecule has 24 heavy (non-hydrogen) atoms. The number of rotatable bonds is 7. The van der Waals surface area contributed by atoms with Gasteiger partial charge in [-0.25, -0.2) is 4.99 Å². The third-order valence-electron chi connectivity index (χ3n) is 2.86. The average Bonchev–Trinajstić information content (AvgIpc) is 2.45. The number of benzene rings is 1. The molecule has 1 rings (SSSR count). The monoisotopic (exact) mass is 486 g/mol. The van der Waals surface area contributed by atoms with E-state index >= 15 is 0 Å². The maximum atomic E-state index is 11.6. The maximum absolute atomic E-state index is 11.6. The molecule has 0 bridgehead atoms. The Morgan fingerprint density at radius 2 is 1.96 bits per heavy atom. The number of carbonyl (C=O) groups excluding carboxylic acids is 1. The van der Waals surface area contributed by atoms with Crippen LogP contribution in [0.4, 0.5) is 0 Å². The second-order valence-corrected chi connectivity index (χ2v) is 6.17. The first-order valence-corrected chi connectivity index (χ1v) is 8.43. The van der Waals surface area contributed by atoms with Gasteiger partial charge in [-0.05, 0) is 38.5 Å². The van der Waals surface area contributed by atoms with Gasteiger partial charge in [0.1, 0.15) is 0 Å². The number of carbonyl (C=O) groups is 1.